The van der Waals surface area contributed by atoms with Crippen molar-refractivity contribution >= 4 is 21.9 Å². The highest BCUT2D eigenvalue weighted by Crippen LogP contribution is 2.35. The summed E-state index contributed by atoms with van der Waals surface area (Å²) in [7, 11) is 1.86. The van der Waals surface area contributed by atoms with E-state index in [2.05, 4.69) is 16.2 Å². The van der Waals surface area contributed by atoms with Gasteiger partial charge in [-0.1, -0.05) is 6.07 Å². The van der Waals surface area contributed by atoms with Crippen molar-refractivity contribution in [2.75, 3.05) is 0 Å². The number of hydrogen-bond acceptors (Lipinski definition) is 5. The Labute approximate surface area is 189 Å². The summed E-state index contributed by atoms with van der Waals surface area (Å²) >= 11 is 0. The molecule has 1 aliphatic rings. The summed E-state index contributed by atoms with van der Waals surface area (Å²) in [5.74, 6) is 0.576. The third-order valence-corrected chi connectivity index (χ3v) is 6.21. The molecule has 8 heteroatoms. The minimum absolute atomic E-state index is 0.240. The SMILES string of the molecule is Cc1ccc(-c2c(=O)n(-c3ccc4nn(C)cc4c3)nc3c(C#N)cn(CC4CC4)c23)cn1. The molecule has 162 valence electrons. The number of rotatable bonds is 4. The van der Waals surface area contributed by atoms with E-state index in [9.17, 15) is 10.1 Å². The average molecular weight is 435 g/mol. The van der Waals surface area contributed by atoms with Crippen LogP contribution in [-0.2, 0) is 13.6 Å². The lowest BCUT2D eigenvalue weighted by Gasteiger charge is -2.12. The fourth-order valence-electron chi connectivity index (χ4n) is 4.38. The van der Waals surface area contributed by atoms with Crippen LogP contribution in [0.2, 0.25) is 0 Å². The second kappa shape index (κ2) is 7.14. The van der Waals surface area contributed by atoms with Crippen LogP contribution in [0.4, 0.5) is 0 Å². The summed E-state index contributed by atoms with van der Waals surface area (Å²) < 4.78 is 5.17. The molecule has 4 heterocycles. The fraction of sp³-hybridized carbons (Fsp3) is 0.240. The van der Waals surface area contributed by atoms with Gasteiger partial charge in [-0.2, -0.15) is 20.1 Å². The van der Waals surface area contributed by atoms with E-state index >= 15 is 0 Å². The number of nitriles is 1. The molecule has 5 aromatic rings. The standard InChI is InChI=1S/C25H21N7O/c1-15-3-6-17(11-27-15)22-24-23(19(10-26)14-31(24)12-16-4-5-16)29-32(25(22)33)20-7-8-21-18(9-20)13-30(2)28-21/h3,6-9,11,13-14,16H,4-5,12H2,1-2H3. The van der Waals surface area contributed by atoms with Crippen molar-refractivity contribution in [3.63, 3.8) is 0 Å². The summed E-state index contributed by atoms with van der Waals surface area (Å²) in [6.45, 7) is 2.69. The second-order valence-electron chi connectivity index (χ2n) is 8.77. The fourth-order valence-corrected chi connectivity index (χ4v) is 4.38. The molecule has 6 rings (SSSR count). The van der Waals surface area contributed by atoms with Gasteiger partial charge in [0.05, 0.1) is 27.8 Å². The molecule has 0 amide bonds. The lowest BCUT2D eigenvalue weighted by Crippen LogP contribution is -2.24. The summed E-state index contributed by atoms with van der Waals surface area (Å²) in [6.07, 6.45) is 7.78. The van der Waals surface area contributed by atoms with E-state index in [-0.39, 0.29) is 5.56 Å². The predicted octanol–water partition coefficient (Wildman–Crippen LogP) is 3.73. The summed E-state index contributed by atoms with van der Waals surface area (Å²) in [5, 5.41) is 19.9. The first kappa shape index (κ1) is 19.4. The lowest BCUT2D eigenvalue weighted by molar-refractivity contribution is 0.646. The number of nitrogens with zero attached hydrogens (tertiary/aromatic N) is 7. The molecule has 1 aliphatic carbocycles. The monoisotopic (exact) mass is 435 g/mol. The van der Waals surface area contributed by atoms with Gasteiger partial charge < -0.3 is 4.57 Å². The van der Waals surface area contributed by atoms with Crippen LogP contribution in [0, 0.1) is 24.2 Å². The Morgan fingerprint density at radius 1 is 1.15 bits per heavy atom. The van der Waals surface area contributed by atoms with Crippen molar-refractivity contribution in [1.82, 2.24) is 29.1 Å². The van der Waals surface area contributed by atoms with Gasteiger partial charge in [-0.15, -0.1) is 0 Å². The highest BCUT2D eigenvalue weighted by Gasteiger charge is 2.26. The van der Waals surface area contributed by atoms with Gasteiger partial charge in [0.1, 0.15) is 11.6 Å². The highest BCUT2D eigenvalue weighted by atomic mass is 16.1. The van der Waals surface area contributed by atoms with Crippen LogP contribution >= 0.6 is 0 Å². The Kier molecular flexibility index (Phi) is 4.20. The van der Waals surface area contributed by atoms with Crippen molar-refractivity contribution in [3.05, 3.63) is 70.5 Å². The van der Waals surface area contributed by atoms with E-state index in [4.69, 9.17) is 5.10 Å². The third-order valence-electron chi connectivity index (χ3n) is 6.21. The molecule has 1 saturated carbocycles. The molecule has 0 saturated heterocycles. The molecule has 0 spiro atoms. The van der Waals surface area contributed by atoms with Gasteiger partial charge >= 0.3 is 0 Å². The maximum atomic E-state index is 13.9. The van der Waals surface area contributed by atoms with E-state index < -0.39 is 0 Å². The normalized spacial score (nSPS) is 13.6. The van der Waals surface area contributed by atoms with Gasteiger partial charge in [0.2, 0.25) is 0 Å². The molecule has 0 atom stereocenters. The zero-order valence-corrected chi connectivity index (χ0v) is 18.4. The molecule has 1 aromatic carbocycles. The third kappa shape index (κ3) is 3.21. The van der Waals surface area contributed by atoms with Gasteiger partial charge in [0, 0.05) is 48.8 Å². The Balaban J connectivity index is 1.68. The molecular formula is C25H21N7O. The van der Waals surface area contributed by atoms with Crippen LogP contribution in [0.1, 0.15) is 24.1 Å². The van der Waals surface area contributed by atoms with Crippen LogP contribution in [-0.4, -0.2) is 29.1 Å². The van der Waals surface area contributed by atoms with E-state index in [1.54, 1.807) is 10.9 Å². The van der Waals surface area contributed by atoms with Crippen molar-refractivity contribution in [3.8, 4) is 22.9 Å². The Morgan fingerprint density at radius 3 is 2.73 bits per heavy atom. The van der Waals surface area contributed by atoms with Crippen molar-refractivity contribution in [2.45, 2.75) is 26.3 Å². The largest absolute Gasteiger partial charge is 0.344 e. The van der Waals surface area contributed by atoms with Crippen LogP contribution < -0.4 is 5.56 Å². The molecule has 0 unspecified atom stereocenters. The number of aromatic nitrogens is 6. The van der Waals surface area contributed by atoms with E-state index in [1.807, 2.05) is 61.3 Å². The van der Waals surface area contributed by atoms with Crippen LogP contribution in [0.15, 0.2) is 53.7 Å². The van der Waals surface area contributed by atoms with Crippen molar-refractivity contribution in [1.29, 1.82) is 5.26 Å². The molecule has 4 aromatic heterocycles. The van der Waals surface area contributed by atoms with Gasteiger partial charge in [-0.3, -0.25) is 14.5 Å². The Bertz CT molecular complexity index is 1640. The number of benzene rings is 1. The predicted molar refractivity (Wildman–Crippen MR) is 125 cm³/mol. The molecule has 0 aliphatic heterocycles. The Hall–Kier alpha value is -4.25. The van der Waals surface area contributed by atoms with Crippen molar-refractivity contribution < 1.29 is 0 Å². The maximum Gasteiger partial charge on any atom is 0.281 e. The zero-order valence-electron chi connectivity index (χ0n) is 18.4. The summed E-state index contributed by atoms with van der Waals surface area (Å²) in [4.78, 5) is 18.3. The van der Waals surface area contributed by atoms with Gasteiger partial charge in [-0.05, 0) is 49.9 Å². The highest BCUT2D eigenvalue weighted by molar-refractivity contribution is 5.95. The molecule has 1 fully saturated rings. The van der Waals surface area contributed by atoms with Gasteiger partial charge in [-0.25, -0.2) is 0 Å². The van der Waals surface area contributed by atoms with Crippen molar-refractivity contribution in [2.24, 2.45) is 13.0 Å². The Morgan fingerprint density at radius 2 is 2.00 bits per heavy atom. The topological polar surface area (TPSA) is 94.3 Å². The lowest BCUT2D eigenvalue weighted by atomic mass is 10.1. The molecule has 0 radical (unpaired) electrons. The first-order valence-corrected chi connectivity index (χ1v) is 10.9. The molecule has 8 nitrogen and oxygen atoms in total. The van der Waals surface area contributed by atoms with Crippen LogP contribution in [0.5, 0.6) is 0 Å². The zero-order chi connectivity index (χ0) is 22.7. The quantitative estimate of drug-likeness (QED) is 0.429. The van der Waals surface area contributed by atoms with Crippen LogP contribution in [0.3, 0.4) is 0 Å². The minimum Gasteiger partial charge on any atom is -0.344 e. The number of hydrogen-bond donors (Lipinski definition) is 0. The molecular weight excluding hydrogens is 414 g/mol. The van der Waals surface area contributed by atoms with Crippen LogP contribution in [0.25, 0.3) is 38.8 Å². The van der Waals surface area contributed by atoms with Gasteiger partial charge in [0.15, 0.2) is 0 Å². The first-order chi connectivity index (χ1) is 16.0. The second-order valence-corrected chi connectivity index (χ2v) is 8.77. The van der Waals surface area contributed by atoms with E-state index in [1.165, 1.54) is 17.5 Å². The average Bonchev–Trinajstić information content (AvgIpc) is 3.44. The number of aryl methyl sites for hydroxylation is 2. The number of pyridine rings is 1. The van der Waals surface area contributed by atoms with Gasteiger partial charge in [0.25, 0.3) is 5.56 Å². The number of fused-ring (bicyclic) bond motifs is 2. The molecule has 33 heavy (non-hydrogen) atoms. The maximum absolute atomic E-state index is 13.9. The smallest absolute Gasteiger partial charge is 0.281 e. The first-order valence-electron chi connectivity index (χ1n) is 10.9. The van der Waals surface area contributed by atoms with E-state index in [0.29, 0.717) is 39.3 Å². The molecule has 0 N–H and O–H groups in total. The minimum atomic E-state index is -0.240. The van der Waals surface area contributed by atoms with E-state index in [0.717, 1.165) is 23.1 Å². The summed E-state index contributed by atoms with van der Waals surface area (Å²) in [5.41, 5.74) is 5.02. The summed E-state index contributed by atoms with van der Waals surface area (Å²) in [6, 6.07) is 11.7. The molecule has 0 bridgehead atoms.